The zero-order chi connectivity index (χ0) is 41.4. The third-order valence-electron chi connectivity index (χ3n) is 10.5. The van der Waals surface area contributed by atoms with Crippen molar-refractivity contribution in [1.29, 1.82) is 0 Å². The van der Waals surface area contributed by atoms with E-state index in [0.29, 0.717) is 28.8 Å². The third-order valence-corrected chi connectivity index (χ3v) is 15.5. The monoisotopic (exact) mass is 840 g/mol. The summed E-state index contributed by atoms with van der Waals surface area (Å²) in [5, 5.41) is 13.3. The van der Waals surface area contributed by atoms with Crippen LogP contribution in [-0.2, 0) is 30.3 Å². The second-order valence-corrected chi connectivity index (χ2v) is 22.1. The Hall–Kier alpha value is -3.94. The van der Waals surface area contributed by atoms with E-state index in [2.05, 4.69) is 60.1 Å². The fourth-order valence-electron chi connectivity index (χ4n) is 6.38. The largest absolute Gasteiger partial charge is 0.544 e. The Morgan fingerprint density at radius 1 is 1.02 bits per heavy atom. The molecule has 0 spiro atoms. The summed E-state index contributed by atoms with van der Waals surface area (Å²) >= 11 is 3.62. The van der Waals surface area contributed by atoms with Crippen LogP contribution in [0.15, 0.2) is 64.8 Å². The van der Waals surface area contributed by atoms with Crippen LogP contribution in [0.5, 0.6) is 5.75 Å². The smallest absolute Gasteiger partial charge is 0.308 e. The fourth-order valence-corrected chi connectivity index (χ4v) is 8.00. The van der Waals surface area contributed by atoms with Gasteiger partial charge >= 0.3 is 11.9 Å². The van der Waals surface area contributed by atoms with Crippen LogP contribution in [0.2, 0.25) is 18.1 Å². The SMILES string of the molecule is C/C(=C\[C@H](C)C[C@H](C)OC(=O)C[C@@H](NC(=O)[C@@H](Cc1c(Br)[nH]c2ccccc12)N(C)C(=O)[C@H](C)N)c1ccc(O[Si](C)(C)C(C)(C)C)cc1)C[C@H](C)C(=O)O. The van der Waals surface area contributed by atoms with E-state index >= 15 is 0 Å². The number of likely N-dealkylation sites (N-methyl/N-ethyl adjacent to an activating group) is 1. The number of carbonyl (C=O) groups is 4. The molecule has 2 amide bonds. The Kier molecular flexibility index (Phi) is 15.9. The number of para-hydroxylation sites is 1. The minimum atomic E-state index is -2.13. The number of fused-ring (bicyclic) bond motifs is 1. The summed E-state index contributed by atoms with van der Waals surface area (Å²) in [6.45, 7) is 19.8. The van der Waals surface area contributed by atoms with Crippen molar-refractivity contribution in [3.8, 4) is 5.75 Å². The Morgan fingerprint density at radius 3 is 2.22 bits per heavy atom. The van der Waals surface area contributed by atoms with Gasteiger partial charge in [-0.05, 0) is 103 Å². The minimum absolute atomic E-state index is 0.00913. The standard InChI is InChI=1S/C42H61BrN4O7Si/c1-25(21-27(3)41(51)52)20-26(2)22-28(4)53-37(48)24-35(30-16-18-31(19-17-30)54-55(10,11)42(6,7)8)46-39(49)36(47(9)40(50)29(5)44)23-33-32-14-12-13-15-34(32)45-38(33)43/h12-20,26-29,35-36,45H,21-24,44H2,1-11H3,(H,46,49)(H,51,52)/b25-20+/t26-,27-,28-,29-,35+,36+/m0/s1. The number of aromatic nitrogens is 1. The van der Waals surface area contributed by atoms with E-state index < -0.39 is 62.2 Å². The first-order chi connectivity index (χ1) is 25.5. The van der Waals surface area contributed by atoms with Gasteiger partial charge in [0.2, 0.25) is 20.1 Å². The van der Waals surface area contributed by atoms with E-state index in [-0.39, 0.29) is 23.8 Å². The van der Waals surface area contributed by atoms with Crippen LogP contribution in [0, 0.1) is 11.8 Å². The van der Waals surface area contributed by atoms with E-state index in [4.69, 9.17) is 14.9 Å². The van der Waals surface area contributed by atoms with Crippen LogP contribution in [0.1, 0.15) is 91.8 Å². The van der Waals surface area contributed by atoms with Gasteiger partial charge in [-0.15, -0.1) is 0 Å². The molecular weight excluding hydrogens is 780 g/mol. The van der Waals surface area contributed by atoms with Crippen molar-refractivity contribution in [3.63, 3.8) is 0 Å². The molecule has 13 heteroatoms. The lowest BCUT2D eigenvalue weighted by Crippen LogP contribution is -2.53. The van der Waals surface area contributed by atoms with Crippen LogP contribution in [0.3, 0.4) is 0 Å². The van der Waals surface area contributed by atoms with Crippen molar-refractivity contribution < 1.29 is 33.4 Å². The lowest BCUT2D eigenvalue weighted by atomic mass is 9.96. The maximum atomic E-state index is 14.4. The average molecular weight is 842 g/mol. The molecule has 6 atom stereocenters. The summed E-state index contributed by atoms with van der Waals surface area (Å²) in [6, 6.07) is 12.5. The number of H-pyrrole nitrogens is 1. The van der Waals surface area contributed by atoms with Crippen molar-refractivity contribution in [2.24, 2.45) is 17.6 Å². The first-order valence-electron chi connectivity index (χ1n) is 19.0. The number of nitrogens with two attached hydrogens (primary N) is 1. The number of hydrogen-bond acceptors (Lipinski definition) is 7. The molecule has 0 fully saturated rings. The van der Waals surface area contributed by atoms with E-state index in [0.717, 1.165) is 22.0 Å². The molecule has 3 aromatic rings. The highest BCUT2D eigenvalue weighted by Gasteiger charge is 2.39. The molecule has 0 radical (unpaired) electrons. The molecule has 0 unspecified atom stereocenters. The Balaban J connectivity index is 1.92. The fraction of sp³-hybridized carbons (Fsp3) is 0.524. The van der Waals surface area contributed by atoms with Gasteiger partial charge in [-0.25, -0.2) is 0 Å². The number of benzene rings is 2. The van der Waals surface area contributed by atoms with Gasteiger partial charge in [-0.2, -0.15) is 0 Å². The molecule has 302 valence electrons. The van der Waals surface area contributed by atoms with Gasteiger partial charge in [0.15, 0.2) is 0 Å². The molecule has 1 aromatic heterocycles. The number of carbonyl (C=O) groups excluding carboxylic acids is 3. The highest BCUT2D eigenvalue weighted by molar-refractivity contribution is 9.10. The Bertz CT molecular complexity index is 1830. The minimum Gasteiger partial charge on any atom is -0.544 e. The molecule has 0 saturated heterocycles. The molecule has 0 aliphatic heterocycles. The topological polar surface area (TPSA) is 164 Å². The van der Waals surface area contributed by atoms with Gasteiger partial charge in [-0.3, -0.25) is 19.2 Å². The average Bonchev–Trinajstić information content (AvgIpc) is 3.39. The quantitative estimate of drug-likeness (QED) is 0.0565. The Labute approximate surface area is 336 Å². The molecule has 5 N–H and O–H groups in total. The number of amides is 2. The van der Waals surface area contributed by atoms with Gasteiger partial charge in [0.1, 0.15) is 11.8 Å². The number of nitrogens with one attached hydrogen (secondary N) is 2. The second-order valence-electron chi connectivity index (χ2n) is 16.6. The highest BCUT2D eigenvalue weighted by atomic mass is 79.9. The Morgan fingerprint density at radius 2 is 1.64 bits per heavy atom. The summed E-state index contributed by atoms with van der Waals surface area (Å²) in [4.78, 5) is 57.2. The molecular formula is C42H61BrN4O7Si. The molecule has 0 saturated carbocycles. The van der Waals surface area contributed by atoms with E-state index in [9.17, 15) is 24.3 Å². The number of carboxylic acid groups (broad SMARTS) is 1. The van der Waals surface area contributed by atoms with E-state index in [1.165, 1.54) is 4.90 Å². The molecule has 3 rings (SSSR count). The molecule has 0 aliphatic rings. The van der Waals surface area contributed by atoms with Crippen LogP contribution in [0.4, 0.5) is 0 Å². The predicted molar refractivity (Wildman–Crippen MR) is 224 cm³/mol. The van der Waals surface area contributed by atoms with E-state index in [1.807, 2.05) is 75.4 Å². The second kappa shape index (κ2) is 19.3. The number of aromatic amines is 1. The van der Waals surface area contributed by atoms with Crippen molar-refractivity contribution >= 4 is 58.9 Å². The normalized spacial score (nSPS) is 15.7. The zero-order valence-electron chi connectivity index (χ0n) is 34.3. The van der Waals surface area contributed by atoms with Crippen LogP contribution in [0.25, 0.3) is 10.9 Å². The summed E-state index contributed by atoms with van der Waals surface area (Å²) in [5.74, 6) is -1.94. The number of ether oxygens (including phenoxy) is 1. The van der Waals surface area contributed by atoms with Gasteiger partial charge in [0.05, 0.1) is 35.1 Å². The number of nitrogens with zero attached hydrogens (tertiary/aromatic N) is 1. The molecule has 1 heterocycles. The maximum Gasteiger partial charge on any atom is 0.308 e. The highest BCUT2D eigenvalue weighted by Crippen LogP contribution is 2.38. The number of hydrogen-bond donors (Lipinski definition) is 4. The van der Waals surface area contributed by atoms with E-state index in [1.54, 1.807) is 20.9 Å². The van der Waals surface area contributed by atoms with Gasteiger partial charge in [0, 0.05) is 24.4 Å². The number of esters is 1. The van der Waals surface area contributed by atoms with Crippen molar-refractivity contribution in [3.05, 3.63) is 75.9 Å². The number of carboxylic acids is 1. The summed E-state index contributed by atoms with van der Waals surface area (Å²) < 4.78 is 13.1. The molecule has 0 bridgehead atoms. The van der Waals surface area contributed by atoms with Crippen molar-refractivity contribution in [2.45, 2.75) is 123 Å². The lowest BCUT2D eigenvalue weighted by molar-refractivity contribution is -0.150. The lowest BCUT2D eigenvalue weighted by Gasteiger charge is -2.36. The third kappa shape index (κ3) is 12.8. The van der Waals surface area contributed by atoms with Crippen LogP contribution in [-0.4, -0.2) is 72.3 Å². The summed E-state index contributed by atoms with van der Waals surface area (Å²) in [5.41, 5.74) is 9.36. The number of allylic oxidation sites excluding steroid dienone is 2. The van der Waals surface area contributed by atoms with Gasteiger partial charge in [-0.1, -0.05) is 76.6 Å². The van der Waals surface area contributed by atoms with Crippen molar-refractivity contribution in [1.82, 2.24) is 15.2 Å². The predicted octanol–water partition coefficient (Wildman–Crippen LogP) is 8.29. The van der Waals surface area contributed by atoms with Gasteiger partial charge < -0.3 is 35.2 Å². The first-order valence-corrected chi connectivity index (χ1v) is 22.7. The summed E-state index contributed by atoms with van der Waals surface area (Å²) in [6.07, 6.45) is 2.57. The van der Waals surface area contributed by atoms with Crippen LogP contribution >= 0.6 is 15.9 Å². The van der Waals surface area contributed by atoms with Crippen LogP contribution < -0.4 is 15.5 Å². The zero-order valence-corrected chi connectivity index (χ0v) is 36.9. The number of halogens is 1. The molecule has 0 aliphatic carbocycles. The first kappa shape index (κ1) is 45.4. The number of aliphatic carboxylic acids is 1. The molecule has 2 aromatic carbocycles. The summed E-state index contributed by atoms with van der Waals surface area (Å²) in [7, 11) is -0.564. The molecule has 55 heavy (non-hydrogen) atoms. The maximum absolute atomic E-state index is 14.4. The molecule has 11 nitrogen and oxygen atoms in total. The van der Waals surface area contributed by atoms with Gasteiger partial charge in [0.25, 0.3) is 0 Å². The van der Waals surface area contributed by atoms with Crippen molar-refractivity contribution in [2.75, 3.05) is 7.05 Å². The number of rotatable bonds is 18.